The number of carbonyl (C=O) groups excluding carboxylic acids is 2. The molecule has 408 valence electrons. The number of nitrogens with one attached hydrogen (secondary N) is 1. The maximum absolute atomic E-state index is 11.5. The zero-order valence-electron chi connectivity index (χ0n) is 38.7. The third-order valence-electron chi connectivity index (χ3n) is 8.95. The molecule has 1 heterocycles. The van der Waals surface area contributed by atoms with Crippen molar-refractivity contribution in [3.8, 4) is 28.7 Å². The Hall–Kier alpha value is -6.58. The van der Waals surface area contributed by atoms with Crippen molar-refractivity contribution in [1.29, 1.82) is 0 Å². The standard InChI is InChI=1S/C9H6Cl2N2O2.C9H7Cl2NO5.C9H9Cl2NO3.C8H7Cl2NO3.C7H3Cl2NO5/c1-15-8-5(11)2-4(10)6-7(8)12-3-13-9(6)14;1-16-8-5(11)3-4(10)6(9(13)17-2)7(8)12(14)15;1-14-8-5(11)3-4(10)6(7(8)12)9(13)15-2;1-14-7-4(10)2-3(9)5(6(7)11)8(12)13;8-2-1-3(9)6(11)5(10(14)15)4(2)7(12)13/h2-3H,1H3,(H,12,13,14);3H,1-2H3;3H,12H2,1-2H3;2H,11H2,1H3,(H,12,13);1,11H,(H,12,13). The lowest BCUT2D eigenvalue weighted by molar-refractivity contribution is -0.386. The van der Waals surface area contributed by atoms with Crippen molar-refractivity contribution in [2.45, 2.75) is 0 Å². The van der Waals surface area contributed by atoms with Gasteiger partial charge in [-0.15, -0.1) is 0 Å². The van der Waals surface area contributed by atoms with Crippen LogP contribution in [-0.4, -0.2) is 102 Å². The van der Waals surface area contributed by atoms with E-state index in [1.54, 1.807) is 0 Å². The second-order valence-corrected chi connectivity index (χ2v) is 17.3. The molecule has 76 heavy (non-hydrogen) atoms. The fraction of sp³-hybridized carbons (Fsp3) is 0.143. The first kappa shape index (κ1) is 65.5. The number of benzene rings is 5. The minimum absolute atomic E-state index is 0.0131. The average molecular weight is 1260 g/mol. The van der Waals surface area contributed by atoms with Gasteiger partial charge in [-0.1, -0.05) is 116 Å². The van der Waals surface area contributed by atoms with Crippen molar-refractivity contribution in [2.75, 3.05) is 54.1 Å². The molecule has 0 aliphatic heterocycles. The Kier molecular flexibility index (Phi) is 25.1. The van der Waals surface area contributed by atoms with Crippen LogP contribution < -0.4 is 36.0 Å². The summed E-state index contributed by atoms with van der Waals surface area (Å²) in [5.41, 5.74) is 8.29. The first-order chi connectivity index (χ1) is 35.4. The molecule has 0 bridgehead atoms. The second-order valence-electron chi connectivity index (χ2n) is 13.3. The van der Waals surface area contributed by atoms with Crippen molar-refractivity contribution >= 4 is 174 Å². The van der Waals surface area contributed by atoms with E-state index in [4.69, 9.17) is 157 Å². The van der Waals surface area contributed by atoms with E-state index < -0.39 is 61.4 Å². The Labute approximate surface area is 475 Å². The predicted octanol–water partition coefficient (Wildman–Crippen LogP) is 11.9. The summed E-state index contributed by atoms with van der Waals surface area (Å²) in [7, 11) is 7.72. The maximum Gasteiger partial charge on any atom is 0.346 e. The number of halogens is 10. The second kappa shape index (κ2) is 29.1. The highest BCUT2D eigenvalue weighted by atomic mass is 35.5. The molecule has 0 spiro atoms. The van der Waals surface area contributed by atoms with E-state index in [-0.39, 0.29) is 96.4 Å². The first-order valence-electron chi connectivity index (χ1n) is 19.2. The van der Waals surface area contributed by atoms with Crippen LogP contribution in [0.15, 0.2) is 41.5 Å². The third-order valence-corrected chi connectivity index (χ3v) is 11.9. The molecule has 0 radical (unpaired) electrons. The number of nitrogens with zero attached hydrogens (tertiary/aromatic N) is 3. The van der Waals surface area contributed by atoms with Crippen LogP contribution in [0.2, 0.25) is 50.2 Å². The first-order valence-corrected chi connectivity index (χ1v) is 22.9. The zero-order chi connectivity index (χ0) is 58.4. The highest BCUT2D eigenvalue weighted by Gasteiger charge is 2.33. The van der Waals surface area contributed by atoms with E-state index in [1.165, 1.54) is 66.1 Å². The summed E-state index contributed by atoms with van der Waals surface area (Å²) in [6.45, 7) is 0. The van der Waals surface area contributed by atoms with Gasteiger partial charge in [0.05, 0.1) is 126 Å². The van der Waals surface area contributed by atoms with Gasteiger partial charge in [0.15, 0.2) is 28.4 Å². The summed E-state index contributed by atoms with van der Waals surface area (Å²) >= 11 is 57.2. The van der Waals surface area contributed by atoms with Gasteiger partial charge in [-0.2, -0.15) is 0 Å². The number of phenolic OH excluding ortho intramolecular Hbond substituents is 1. The number of nitrogens with two attached hydrogens (primary N) is 2. The molecule has 0 fully saturated rings. The van der Waals surface area contributed by atoms with Crippen LogP contribution in [-0.2, 0) is 9.47 Å². The number of carbonyl (C=O) groups is 4. The zero-order valence-corrected chi connectivity index (χ0v) is 46.3. The fourth-order valence-corrected chi connectivity index (χ4v) is 8.79. The summed E-state index contributed by atoms with van der Waals surface area (Å²) in [6.07, 6.45) is 1.28. The van der Waals surface area contributed by atoms with Crippen LogP contribution >= 0.6 is 116 Å². The summed E-state index contributed by atoms with van der Waals surface area (Å²) in [6, 6.07) is 6.23. The highest BCUT2D eigenvalue weighted by molar-refractivity contribution is 6.41. The van der Waals surface area contributed by atoms with E-state index in [9.17, 15) is 49.3 Å². The molecule has 0 aliphatic carbocycles. The van der Waals surface area contributed by atoms with E-state index in [0.29, 0.717) is 16.3 Å². The number of aromatic amines is 1. The summed E-state index contributed by atoms with van der Waals surface area (Å²) in [5, 5.41) is 48.5. The minimum atomic E-state index is -1.61. The molecule has 6 aromatic rings. The number of nitrogen functional groups attached to an aromatic ring is 2. The predicted molar refractivity (Wildman–Crippen MR) is 285 cm³/mol. The maximum atomic E-state index is 11.5. The number of fused-ring (bicyclic) bond motifs is 1. The lowest BCUT2D eigenvalue weighted by Crippen LogP contribution is -2.08. The molecule has 34 heteroatoms. The van der Waals surface area contributed by atoms with Crippen LogP contribution in [0.1, 0.15) is 41.4 Å². The Balaban J connectivity index is 0.000000325. The van der Waals surface area contributed by atoms with Crippen molar-refractivity contribution in [1.82, 2.24) is 9.97 Å². The van der Waals surface area contributed by atoms with Gasteiger partial charge in [-0.25, -0.2) is 24.2 Å². The monoisotopic (exact) mass is 1260 g/mol. The minimum Gasteiger partial charge on any atom is -0.501 e. The Morgan fingerprint density at radius 3 is 1.30 bits per heavy atom. The van der Waals surface area contributed by atoms with E-state index >= 15 is 0 Å². The lowest BCUT2D eigenvalue weighted by atomic mass is 10.1. The van der Waals surface area contributed by atoms with E-state index in [0.717, 1.165) is 13.2 Å². The van der Waals surface area contributed by atoms with Crippen molar-refractivity contribution in [3.63, 3.8) is 0 Å². The number of aromatic nitrogens is 2. The largest absolute Gasteiger partial charge is 0.501 e. The average Bonchev–Trinajstić information content (AvgIpc) is 3.32. The van der Waals surface area contributed by atoms with Gasteiger partial charge >= 0.3 is 35.3 Å². The SMILES string of the molecule is COC(=O)c1c(Cl)cc(Cl)c(OC)c1N.COC(=O)c1c(Cl)cc(Cl)c(OC)c1[N+](=O)[O-].COc1c(Cl)cc(Cl)c(C(=O)O)c1N.COc1c(Cl)cc(Cl)c2c(=O)[nH]cnc12.O=C(O)c1c(Cl)cc(Cl)c(O)c1[N+](=O)[O-]. The number of carboxylic acids is 2. The van der Waals surface area contributed by atoms with Gasteiger partial charge in [0.2, 0.25) is 11.5 Å². The van der Waals surface area contributed by atoms with Gasteiger partial charge in [0, 0.05) is 0 Å². The Bertz CT molecular complexity index is 3330. The summed E-state index contributed by atoms with van der Waals surface area (Å²) < 4.78 is 28.6. The molecule has 0 aliphatic rings. The number of nitro groups is 2. The molecule has 0 saturated carbocycles. The van der Waals surface area contributed by atoms with Crippen molar-refractivity contribution in [2.24, 2.45) is 0 Å². The van der Waals surface area contributed by atoms with Crippen LogP contribution in [0.25, 0.3) is 10.9 Å². The normalized spacial score (nSPS) is 10.1. The number of H-pyrrole nitrogens is 1. The Morgan fingerprint density at radius 2 is 0.882 bits per heavy atom. The third kappa shape index (κ3) is 15.3. The topological polar surface area (TPSA) is 368 Å². The van der Waals surface area contributed by atoms with Gasteiger partial charge in [-0.05, 0) is 30.3 Å². The van der Waals surface area contributed by atoms with Crippen molar-refractivity contribution < 1.29 is 72.8 Å². The van der Waals surface area contributed by atoms with E-state index in [1.807, 2.05) is 0 Å². The molecule has 8 N–H and O–H groups in total. The molecular formula is C42H32Cl10N6O18. The van der Waals surface area contributed by atoms with E-state index in [2.05, 4.69) is 19.4 Å². The number of methoxy groups -OCH3 is 6. The van der Waals surface area contributed by atoms with Crippen LogP contribution in [0.3, 0.4) is 0 Å². The van der Waals surface area contributed by atoms with Crippen LogP contribution in [0.5, 0.6) is 28.7 Å². The van der Waals surface area contributed by atoms with Crippen molar-refractivity contribution in [3.05, 3.63) is 140 Å². The number of ether oxygens (including phenoxy) is 6. The highest BCUT2D eigenvalue weighted by Crippen LogP contribution is 2.44. The smallest absolute Gasteiger partial charge is 0.346 e. The molecule has 24 nitrogen and oxygen atoms in total. The molecule has 5 aromatic carbocycles. The fourth-order valence-electron chi connectivity index (χ4n) is 5.76. The van der Waals surface area contributed by atoms with Gasteiger partial charge in [-0.3, -0.25) is 25.0 Å². The molecule has 0 unspecified atom stereocenters. The number of rotatable bonds is 10. The number of aromatic hydroxyl groups is 1. The number of phenols is 1. The number of hydrogen-bond acceptors (Lipinski definition) is 19. The van der Waals surface area contributed by atoms with Crippen LogP contribution in [0, 0.1) is 20.2 Å². The quantitative estimate of drug-likeness (QED) is 0.0321. The van der Waals surface area contributed by atoms with Gasteiger partial charge in [0.25, 0.3) is 5.56 Å². The van der Waals surface area contributed by atoms with Gasteiger partial charge < -0.3 is 60.2 Å². The molecule has 0 amide bonds. The molecule has 0 atom stereocenters. The number of aromatic carboxylic acids is 2. The number of esters is 2. The lowest BCUT2D eigenvalue weighted by Gasteiger charge is -2.11. The molecule has 1 aromatic heterocycles. The van der Waals surface area contributed by atoms with Crippen LogP contribution in [0.4, 0.5) is 22.7 Å². The van der Waals surface area contributed by atoms with Gasteiger partial charge in [0.1, 0.15) is 16.6 Å². The summed E-state index contributed by atoms with van der Waals surface area (Å²) in [5.74, 6) is -4.87. The summed E-state index contributed by atoms with van der Waals surface area (Å²) in [4.78, 5) is 81.7. The number of hydrogen-bond donors (Lipinski definition) is 6. The number of nitro benzene ring substituents is 2. The molecule has 0 saturated heterocycles. The number of anilines is 2. The molecule has 6 rings (SSSR count). The molecular weight excluding hydrogens is 1230 g/mol. The Morgan fingerprint density at radius 1 is 0.526 bits per heavy atom. The number of carboxylic acid groups (broad SMARTS) is 2.